The molecule has 0 aliphatic heterocycles. The predicted molar refractivity (Wildman–Crippen MR) is 135 cm³/mol. The van der Waals surface area contributed by atoms with Gasteiger partial charge in [-0.2, -0.15) is 5.10 Å². The molecule has 4 heterocycles. The van der Waals surface area contributed by atoms with Crippen LogP contribution in [0.4, 0.5) is 11.5 Å². The normalized spacial score (nSPS) is 11.2. The number of pyridine rings is 1. The summed E-state index contributed by atoms with van der Waals surface area (Å²) in [6.07, 6.45) is 5.16. The van der Waals surface area contributed by atoms with Gasteiger partial charge in [0.2, 0.25) is 0 Å². The number of nitrogens with zero attached hydrogens (tertiary/aromatic N) is 6. The van der Waals surface area contributed by atoms with E-state index in [0.717, 1.165) is 37.7 Å². The third-order valence-corrected chi connectivity index (χ3v) is 6.50. The van der Waals surface area contributed by atoms with E-state index in [9.17, 15) is 0 Å². The van der Waals surface area contributed by atoms with Gasteiger partial charge in [0.1, 0.15) is 10.7 Å². The molecule has 0 amide bonds. The van der Waals surface area contributed by atoms with E-state index < -0.39 is 0 Å². The third-order valence-electron chi connectivity index (χ3n) is 5.25. The van der Waals surface area contributed by atoms with Gasteiger partial charge < -0.3 is 5.32 Å². The maximum absolute atomic E-state index is 5.99. The second-order valence-electron chi connectivity index (χ2n) is 7.44. The Kier molecular flexibility index (Phi) is 5.29. The van der Waals surface area contributed by atoms with E-state index in [1.54, 1.807) is 36.4 Å². The van der Waals surface area contributed by atoms with Gasteiger partial charge in [0.05, 0.1) is 16.9 Å². The number of hydrogen-bond acceptors (Lipinski definition) is 7. The van der Waals surface area contributed by atoms with E-state index in [1.807, 2.05) is 59.1 Å². The Hall–Kier alpha value is -4.01. The summed E-state index contributed by atoms with van der Waals surface area (Å²) in [6, 6.07) is 23.7. The number of benzene rings is 2. The number of anilines is 2. The fourth-order valence-corrected chi connectivity index (χ4v) is 4.64. The monoisotopic (exact) mass is 481 g/mol. The van der Waals surface area contributed by atoms with Gasteiger partial charge >= 0.3 is 0 Å². The lowest BCUT2D eigenvalue weighted by Gasteiger charge is -2.11. The van der Waals surface area contributed by atoms with Crippen LogP contribution in [0.5, 0.6) is 0 Å². The van der Waals surface area contributed by atoms with Crippen LogP contribution in [0.15, 0.2) is 101 Å². The van der Waals surface area contributed by atoms with Gasteiger partial charge in [-0.25, -0.2) is 9.50 Å². The van der Waals surface area contributed by atoms with Crippen LogP contribution in [-0.4, -0.2) is 29.8 Å². The van der Waals surface area contributed by atoms with Crippen molar-refractivity contribution >= 4 is 51.3 Å². The zero-order valence-corrected chi connectivity index (χ0v) is 19.2. The summed E-state index contributed by atoms with van der Waals surface area (Å²) in [4.78, 5) is 9.81. The molecule has 34 heavy (non-hydrogen) atoms. The van der Waals surface area contributed by atoms with Crippen molar-refractivity contribution in [2.24, 2.45) is 0 Å². The first-order valence-electron chi connectivity index (χ1n) is 10.5. The van der Waals surface area contributed by atoms with E-state index in [1.165, 1.54) is 0 Å². The van der Waals surface area contributed by atoms with E-state index >= 15 is 0 Å². The molecule has 6 aromatic rings. The van der Waals surface area contributed by atoms with Crippen molar-refractivity contribution in [3.63, 3.8) is 0 Å². The van der Waals surface area contributed by atoms with Crippen molar-refractivity contribution in [2.45, 2.75) is 9.92 Å². The molecule has 164 valence electrons. The smallest absolute Gasteiger partial charge is 0.161 e. The quantitative estimate of drug-likeness (QED) is 0.290. The average Bonchev–Trinajstić information content (AvgIpc) is 3.36. The Morgan fingerprint density at radius 3 is 2.47 bits per heavy atom. The molecule has 0 fully saturated rings. The highest BCUT2D eigenvalue weighted by atomic mass is 35.5. The number of fused-ring (bicyclic) bond motifs is 2. The van der Waals surface area contributed by atoms with Crippen LogP contribution < -0.4 is 5.32 Å². The minimum atomic E-state index is 0.582. The lowest BCUT2D eigenvalue weighted by molar-refractivity contribution is 0.843. The van der Waals surface area contributed by atoms with Gasteiger partial charge in [-0.15, -0.1) is 10.2 Å². The van der Waals surface area contributed by atoms with Crippen LogP contribution >= 0.6 is 23.4 Å². The molecule has 0 saturated carbocycles. The highest BCUT2D eigenvalue weighted by Gasteiger charge is 2.12. The molecule has 2 aromatic carbocycles. The van der Waals surface area contributed by atoms with Crippen molar-refractivity contribution in [3.05, 3.63) is 96.4 Å². The molecule has 0 radical (unpaired) electrons. The van der Waals surface area contributed by atoms with Gasteiger partial charge in [-0.05, 0) is 42.5 Å². The largest absolute Gasteiger partial charge is 0.338 e. The summed E-state index contributed by atoms with van der Waals surface area (Å²) >= 11 is 7.62. The molecule has 0 aliphatic carbocycles. The van der Waals surface area contributed by atoms with E-state index in [2.05, 4.69) is 42.7 Å². The van der Waals surface area contributed by atoms with Crippen LogP contribution in [-0.2, 0) is 0 Å². The first-order valence-corrected chi connectivity index (χ1v) is 11.7. The van der Waals surface area contributed by atoms with Crippen molar-refractivity contribution < 1.29 is 0 Å². The van der Waals surface area contributed by atoms with Crippen LogP contribution in [0.2, 0.25) is 5.02 Å². The Bertz CT molecular complexity index is 1620. The Labute approximate surface area is 203 Å². The second kappa shape index (κ2) is 8.74. The van der Waals surface area contributed by atoms with E-state index in [4.69, 9.17) is 11.6 Å². The van der Waals surface area contributed by atoms with Gasteiger partial charge in [0.25, 0.3) is 0 Å². The van der Waals surface area contributed by atoms with Crippen molar-refractivity contribution in [3.8, 4) is 11.4 Å². The lowest BCUT2D eigenvalue weighted by Crippen LogP contribution is -2.00. The van der Waals surface area contributed by atoms with Gasteiger partial charge in [0.15, 0.2) is 11.5 Å². The molecule has 1 N–H and O–H groups in total. The molecule has 6 rings (SSSR count). The number of nitrogens with one attached hydrogen (secondary N) is 1. The van der Waals surface area contributed by atoms with Gasteiger partial charge in [-0.3, -0.25) is 4.98 Å². The third kappa shape index (κ3) is 3.93. The lowest BCUT2D eigenvalue weighted by atomic mass is 10.1. The highest BCUT2D eigenvalue weighted by Crippen LogP contribution is 2.32. The minimum absolute atomic E-state index is 0.582. The Balaban J connectivity index is 1.28. The fourth-order valence-electron chi connectivity index (χ4n) is 3.65. The summed E-state index contributed by atoms with van der Waals surface area (Å²) in [5, 5.41) is 20.2. The first kappa shape index (κ1) is 20.6. The molecule has 0 bridgehead atoms. The molecular formula is C25H16ClN7S. The van der Waals surface area contributed by atoms with E-state index in [0.29, 0.717) is 16.5 Å². The maximum Gasteiger partial charge on any atom is 0.161 e. The Morgan fingerprint density at radius 2 is 1.65 bits per heavy atom. The molecule has 0 unspecified atom stereocenters. The minimum Gasteiger partial charge on any atom is -0.338 e. The zero-order chi connectivity index (χ0) is 22.9. The fraction of sp³-hybridized carbons (Fsp3) is 0. The van der Waals surface area contributed by atoms with Crippen molar-refractivity contribution in [2.75, 3.05) is 5.32 Å². The summed E-state index contributed by atoms with van der Waals surface area (Å²) in [5.41, 5.74) is 3.18. The summed E-state index contributed by atoms with van der Waals surface area (Å²) in [7, 11) is 0. The Morgan fingerprint density at radius 1 is 0.794 bits per heavy atom. The highest BCUT2D eigenvalue weighted by molar-refractivity contribution is 7.99. The first-order chi connectivity index (χ1) is 16.7. The topological polar surface area (TPSA) is 80.9 Å². The van der Waals surface area contributed by atoms with Crippen LogP contribution in [0, 0.1) is 0 Å². The summed E-state index contributed by atoms with van der Waals surface area (Å²) in [6.45, 7) is 0. The SMILES string of the molecule is Clc1ccc(-c2nnc(Nc3ccc(Sc4ccnc5ccnn45)cc3)c3ccccc23)nc1. The molecule has 4 aromatic heterocycles. The van der Waals surface area contributed by atoms with E-state index in [-0.39, 0.29) is 0 Å². The maximum atomic E-state index is 5.99. The van der Waals surface area contributed by atoms with Gasteiger partial charge in [0, 0.05) is 39.8 Å². The number of aromatic nitrogens is 6. The number of halogens is 1. The average molecular weight is 482 g/mol. The molecule has 7 nitrogen and oxygen atoms in total. The predicted octanol–water partition coefficient (Wildman–Crippen LogP) is 6.28. The number of rotatable bonds is 5. The standard InChI is InChI=1S/C25H16ClN7S/c26-16-5-10-21(28-15-16)24-19-3-1-2-4-20(19)25(32-31-24)30-17-6-8-18(9-7-17)34-23-12-13-27-22-11-14-29-33(22)23/h1-15H,(H,30,32). The zero-order valence-electron chi connectivity index (χ0n) is 17.6. The summed E-state index contributed by atoms with van der Waals surface area (Å²) < 4.78 is 1.83. The second-order valence-corrected chi connectivity index (χ2v) is 8.97. The van der Waals surface area contributed by atoms with Crippen molar-refractivity contribution in [1.82, 2.24) is 29.8 Å². The molecule has 0 aliphatic rings. The number of hydrogen-bond donors (Lipinski definition) is 1. The van der Waals surface area contributed by atoms with Crippen LogP contribution in [0.3, 0.4) is 0 Å². The van der Waals surface area contributed by atoms with Crippen LogP contribution in [0.1, 0.15) is 0 Å². The van der Waals surface area contributed by atoms with Crippen molar-refractivity contribution in [1.29, 1.82) is 0 Å². The molecule has 0 atom stereocenters. The van der Waals surface area contributed by atoms with Gasteiger partial charge in [-0.1, -0.05) is 47.6 Å². The molecule has 9 heteroatoms. The molecule has 0 saturated heterocycles. The van der Waals surface area contributed by atoms with Crippen LogP contribution in [0.25, 0.3) is 27.8 Å². The summed E-state index contributed by atoms with van der Waals surface area (Å²) in [5.74, 6) is 0.682. The molecule has 0 spiro atoms. The molecular weight excluding hydrogens is 466 g/mol.